The molecule has 0 radical (unpaired) electrons. The minimum Gasteiger partial charge on any atom is -0.493 e. The molecule has 29 heavy (non-hydrogen) atoms. The molecule has 5 nitrogen and oxygen atoms in total. The number of anilines is 1. The van der Waals surface area contributed by atoms with Gasteiger partial charge in [-0.2, -0.15) is 0 Å². The summed E-state index contributed by atoms with van der Waals surface area (Å²) in [6, 6.07) is 21.2. The third-order valence-electron chi connectivity index (χ3n) is 4.58. The molecular formula is C23H20N2O3S. The van der Waals surface area contributed by atoms with E-state index in [1.165, 1.54) is 4.70 Å². The minimum atomic E-state index is -0.0267. The molecule has 146 valence electrons. The maximum Gasteiger partial charge on any atom is 0.181 e. The maximum atomic E-state index is 12.5. The largest absolute Gasteiger partial charge is 0.493 e. The number of benzene rings is 3. The average Bonchev–Trinajstić information content (AvgIpc) is 3.21. The molecule has 0 unspecified atom stereocenters. The zero-order valence-corrected chi connectivity index (χ0v) is 17.0. The highest BCUT2D eigenvalue weighted by molar-refractivity contribution is 7.21. The third-order valence-corrected chi connectivity index (χ3v) is 5.67. The molecule has 0 atom stereocenters. The SMILES string of the molecule is COc1ccc(C(=O)CNc2ccc(-c3nc4ccccc4s3)cc2)cc1OC. The van der Waals surface area contributed by atoms with Crippen molar-refractivity contribution in [3.8, 4) is 22.1 Å². The smallest absolute Gasteiger partial charge is 0.181 e. The minimum absolute atomic E-state index is 0.0267. The number of rotatable bonds is 7. The Labute approximate surface area is 172 Å². The number of hydrogen-bond acceptors (Lipinski definition) is 6. The zero-order chi connectivity index (χ0) is 20.2. The van der Waals surface area contributed by atoms with Crippen LogP contribution in [0.15, 0.2) is 66.7 Å². The molecule has 0 aliphatic rings. The second kappa shape index (κ2) is 8.32. The van der Waals surface area contributed by atoms with Gasteiger partial charge in [0.2, 0.25) is 0 Å². The second-order valence-corrected chi connectivity index (χ2v) is 7.44. The highest BCUT2D eigenvalue weighted by Crippen LogP contribution is 2.31. The lowest BCUT2D eigenvalue weighted by Crippen LogP contribution is -2.14. The number of methoxy groups -OCH3 is 2. The van der Waals surface area contributed by atoms with Crippen molar-refractivity contribution in [2.24, 2.45) is 0 Å². The quantitative estimate of drug-likeness (QED) is 0.425. The second-order valence-electron chi connectivity index (χ2n) is 6.41. The van der Waals surface area contributed by atoms with Gasteiger partial charge in [0.1, 0.15) is 5.01 Å². The number of fused-ring (bicyclic) bond motifs is 1. The third kappa shape index (κ3) is 4.07. The van der Waals surface area contributed by atoms with E-state index < -0.39 is 0 Å². The normalized spacial score (nSPS) is 10.7. The monoisotopic (exact) mass is 404 g/mol. The summed E-state index contributed by atoms with van der Waals surface area (Å²) in [5, 5.41) is 4.16. The lowest BCUT2D eigenvalue weighted by Gasteiger charge is -2.10. The van der Waals surface area contributed by atoms with Gasteiger partial charge in [0.25, 0.3) is 0 Å². The molecule has 1 heterocycles. The number of ether oxygens (including phenoxy) is 2. The number of carbonyl (C=O) groups is 1. The van der Waals surface area contributed by atoms with Gasteiger partial charge in [0.15, 0.2) is 17.3 Å². The van der Waals surface area contributed by atoms with Crippen LogP contribution in [-0.2, 0) is 0 Å². The van der Waals surface area contributed by atoms with Crippen molar-refractivity contribution in [2.45, 2.75) is 0 Å². The summed E-state index contributed by atoms with van der Waals surface area (Å²) in [5.41, 5.74) is 3.52. The number of nitrogens with zero attached hydrogens (tertiary/aromatic N) is 1. The predicted octanol–water partition coefficient (Wildman–Crippen LogP) is 5.28. The molecule has 0 saturated carbocycles. The number of thiazole rings is 1. The molecule has 6 heteroatoms. The number of aromatic nitrogens is 1. The molecule has 1 aromatic heterocycles. The molecule has 0 amide bonds. The number of nitrogens with one attached hydrogen (secondary N) is 1. The molecular weight excluding hydrogens is 384 g/mol. The van der Waals surface area contributed by atoms with E-state index in [4.69, 9.17) is 9.47 Å². The molecule has 0 aliphatic carbocycles. The van der Waals surface area contributed by atoms with Crippen molar-refractivity contribution in [3.05, 3.63) is 72.3 Å². The Hall–Kier alpha value is -3.38. The van der Waals surface area contributed by atoms with Gasteiger partial charge < -0.3 is 14.8 Å². The van der Waals surface area contributed by atoms with Crippen LogP contribution in [0.4, 0.5) is 5.69 Å². The average molecular weight is 404 g/mol. The fraction of sp³-hybridized carbons (Fsp3) is 0.130. The summed E-state index contributed by atoms with van der Waals surface area (Å²) in [5.74, 6) is 1.11. The van der Waals surface area contributed by atoms with Crippen molar-refractivity contribution in [2.75, 3.05) is 26.1 Å². The van der Waals surface area contributed by atoms with Crippen LogP contribution < -0.4 is 14.8 Å². The zero-order valence-electron chi connectivity index (χ0n) is 16.1. The van der Waals surface area contributed by atoms with Gasteiger partial charge in [-0.05, 0) is 54.6 Å². The van der Waals surface area contributed by atoms with E-state index in [0.717, 1.165) is 21.8 Å². The van der Waals surface area contributed by atoms with Crippen molar-refractivity contribution in [3.63, 3.8) is 0 Å². The first-order chi connectivity index (χ1) is 14.2. The molecule has 4 rings (SSSR count). The summed E-state index contributed by atoms with van der Waals surface area (Å²) < 4.78 is 11.6. The van der Waals surface area contributed by atoms with E-state index in [-0.39, 0.29) is 12.3 Å². The summed E-state index contributed by atoms with van der Waals surface area (Å²) in [6.07, 6.45) is 0. The van der Waals surface area contributed by atoms with Gasteiger partial charge in [-0.3, -0.25) is 4.79 Å². The Morgan fingerprint density at radius 1 is 0.966 bits per heavy atom. The summed E-state index contributed by atoms with van der Waals surface area (Å²) in [6.45, 7) is 0.190. The summed E-state index contributed by atoms with van der Waals surface area (Å²) in [7, 11) is 3.12. The molecule has 4 aromatic rings. The summed E-state index contributed by atoms with van der Waals surface area (Å²) in [4.78, 5) is 17.2. The lowest BCUT2D eigenvalue weighted by atomic mass is 10.1. The number of carbonyl (C=O) groups excluding carboxylic acids is 1. The van der Waals surface area contributed by atoms with Crippen molar-refractivity contribution >= 4 is 33.0 Å². The van der Waals surface area contributed by atoms with E-state index in [2.05, 4.69) is 16.4 Å². The summed E-state index contributed by atoms with van der Waals surface area (Å²) >= 11 is 1.67. The molecule has 0 saturated heterocycles. The van der Waals surface area contributed by atoms with E-state index in [9.17, 15) is 4.79 Å². The van der Waals surface area contributed by atoms with Crippen LogP contribution in [0.3, 0.4) is 0 Å². The number of hydrogen-bond donors (Lipinski definition) is 1. The Bertz CT molecular complexity index is 1120. The number of para-hydroxylation sites is 1. The van der Waals surface area contributed by atoms with E-state index in [1.807, 2.05) is 42.5 Å². The Morgan fingerprint density at radius 3 is 2.45 bits per heavy atom. The number of ketones is 1. The van der Waals surface area contributed by atoms with Gasteiger partial charge in [-0.1, -0.05) is 12.1 Å². The van der Waals surface area contributed by atoms with Gasteiger partial charge in [-0.25, -0.2) is 4.98 Å². The van der Waals surface area contributed by atoms with E-state index in [0.29, 0.717) is 17.1 Å². The van der Waals surface area contributed by atoms with Crippen LogP contribution in [0.1, 0.15) is 10.4 Å². The van der Waals surface area contributed by atoms with Crippen LogP contribution in [-0.4, -0.2) is 31.5 Å². The topological polar surface area (TPSA) is 60.5 Å². The lowest BCUT2D eigenvalue weighted by molar-refractivity contribution is 0.101. The first-order valence-corrected chi connectivity index (χ1v) is 9.94. The van der Waals surface area contributed by atoms with Crippen molar-refractivity contribution in [1.82, 2.24) is 4.98 Å². The fourth-order valence-corrected chi connectivity index (χ4v) is 3.99. The molecule has 0 spiro atoms. The number of Topliss-reactive ketones (excluding diaryl/α,β-unsaturated/α-hetero) is 1. The molecule has 3 aromatic carbocycles. The van der Waals surface area contributed by atoms with Crippen LogP contribution in [0.2, 0.25) is 0 Å². The highest BCUT2D eigenvalue weighted by atomic mass is 32.1. The van der Waals surface area contributed by atoms with Crippen molar-refractivity contribution in [1.29, 1.82) is 0 Å². The Kier molecular flexibility index (Phi) is 5.44. The van der Waals surface area contributed by atoms with Gasteiger partial charge >= 0.3 is 0 Å². The standard InChI is InChI=1S/C23H20N2O3S/c1-27-20-12-9-16(13-21(20)28-2)19(26)14-24-17-10-7-15(8-11-17)23-25-18-5-3-4-6-22(18)29-23/h3-13,24H,14H2,1-2H3. The highest BCUT2D eigenvalue weighted by Gasteiger charge is 2.11. The van der Waals surface area contributed by atoms with Crippen LogP contribution in [0, 0.1) is 0 Å². The van der Waals surface area contributed by atoms with Crippen LogP contribution in [0.5, 0.6) is 11.5 Å². The molecule has 0 fully saturated rings. The maximum absolute atomic E-state index is 12.5. The Morgan fingerprint density at radius 2 is 1.72 bits per heavy atom. The molecule has 1 N–H and O–H groups in total. The van der Waals surface area contributed by atoms with E-state index >= 15 is 0 Å². The van der Waals surface area contributed by atoms with Gasteiger partial charge in [-0.15, -0.1) is 11.3 Å². The fourth-order valence-electron chi connectivity index (χ4n) is 3.02. The predicted molar refractivity (Wildman–Crippen MR) is 117 cm³/mol. The van der Waals surface area contributed by atoms with Crippen LogP contribution in [0.25, 0.3) is 20.8 Å². The molecule has 0 bridgehead atoms. The van der Waals surface area contributed by atoms with Crippen LogP contribution >= 0.6 is 11.3 Å². The van der Waals surface area contributed by atoms with Gasteiger partial charge in [0.05, 0.1) is 31.0 Å². The molecule has 0 aliphatic heterocycles. The Balaban J connectivity index is 1.43. The van der Waals surface area contributed by atoms with Gasteiger partial charge in [0, 0.05) is 16.8 Å². The first-order valence-electron chi connectivity index (χ1n) is 9.13. The van der Waals surface area contributed by atoms with E-state index in [1.54, 1.807) is 43.8 Å². The first kappa shape index (κ1) is 19.0. The van der Waals surface area contributed by atoms with Crippen molar-refractivity contribution < 1.29 is 14.3 Å².